The molecule has 0 spiro atoms. The van der Waals surface area contributed by atoms with Crippen LogP contribution in [-0.2, 0) is 0 Å². The van der Waals surface area contributed by atoms with Gasteiger partial charge in [0.05, 0.1) is 10.7 Å². The molecule has 0 aliphatic carbocycles. The van der Waals surface area contributed by atoms with Crippen molar-refractivity contribution < 1.29 is 4.79 Å². The largest absolute Gasteiger partial charge is 0.368 e. The number of nitrogens with zero attached hydrogens (tertiary/aromatic N) is 2. The Morgan fingerprint density at radius 3 is 2.41 bits per heavy atom. The third-order valence-electron chi connectivity index (χ3n) is 5.16. The summed E-state index contributed by atoms with van der Waals surface area (Å²) in [5.74, 6) is -0.146. The van der Waals surface area contributed by atoms with Crippen molar-refractivity contribution >= 4 is 68.0 Å². The van der Waals surface area contributed by atoms with Crippen LogP contribution in [0.4, 0.5) is 11.4 Å². The van der Waals surface area contributed by atoms with Crippen LogP contribution >= 0.6 is 39.9 Å². The Morgan fingerprint density at radius 2 is 1.69 bits per heavy atom. The second kappa shape index (κ2) is 9.35. The third-order valence-corrected chi connectivity index (χ3v) is 6.16. The van der Waals surface area contributed by atoms with E-state index in [0.717, 1.165) is 47.1 Å². The first kappa shape index (κ1) is 21.9. The molecule has 3 aromatic rings. The van der Waals surface area contributed by atoms with E-state index in [2.05, 4.69) is 38.1 Å². The maximum atomic E-state index is 12.9. The van der Waals surface area contributed by atoms with Crippen molar-refractivity contribution in [1.82, 2.24) is 4.90 Å². The van der Waals surface area contributed by atoms with Crippen LogP contribution < -0.4 is 10.2 Å². The molecule has 3 aromatic carbocycles. The minimum Gasteiger partial charge on any atom is -0.368 e. The predicted molar refractivity (Wildman–Crippen MR) is 128 cm³/mol. The van der Waals surface area contributed by atoms with Gasteiger partial charge in [-0.05, 0) is 48.2 Å². The zero-order chi connectivity index (χ0) is 19.7. The van der Waals surface area contributed by atoms with Gasteiger partial charge in [-0.3, -0.25) is 4.79 Å². The van der Waals surface area contributed by atoms with E-state index < -0.39 is 0 Å². The number of nitrogens with one attached hydrogen (secondary N) is 1. The summed E-state index contributed by atoms with van der Waals surface area (Å²) in [6, 6.07) is 17.3. The van der Waals surface area contributed by atoms with Crippen molar-refractivity contribution in [2.45, 2.75) is 0 Å². The normalized spacial score (nSPS) is 14.5. The molecular weight excluding hydrogens is 473 g/mol. The van der Waals surface area contributed by atoms with Gasteiger partial charge >= 0.3 is 0 Å². The van der Waals surface area contributed by atoms with Gasteiger partial charge in [-0.15, -0.1) is 12.4 Å². The van der Waals surface area contributed by atoms with Crippen molar-refractivity contribution in [2.75, 3.05) is 43.4 Å². The van der Waals surface area contributed by atoms with E-state index >= 15 is 0 Å². The summed E-state index contributed by atoms with van der Waals surface area (Å²) in [4.78, 5) is 17.5. The first-order valence-electron chi connectivity index (χ1n) is 9.24. The molecule has 152 valence electrons. The van der Waals surface area contributed by atoms with E-state index in [0.29, 0.717) is 16.3 Å². The minimum absolute atomic E-state index is 0. The van der Waals surface area contributed by atoms with Crippen molar-refractivity contribution in [3.05, 3.63) is 69.7 Å². The number of benzene rings is 3. The molecule has 1 amide bonds. The Labute approximate surface area is 190 Å². The lowest BCUT2D eigenvalue weighted by Gasteiger charge is -2.34. The number of hydrogen-bond acceptors (Lipinski definition) is 3. The van der Waals surface area contributed by atoms with Gasteiger partial charge in [-0.1, -0.05) is 51.8 Å². The molecule has 1 heterocycles. The van der Waals surface area contributed by atoms with Crippen LogP contribution in [0.1, 0.15) is 10.4 Å². The summed E-state index contributed by atoms with van der Waals surface area (Å²) in [7, 11) is 2.13. The van der Waals surface area contributed by atoms with Gasteiger partial charge < -0.3 is 15.1 Å². The van der Waals surface area contributed by atoms with Crippen LogP contribution in [-0.4, -0.2) is 44.0 Å². The molecule has 0 unspecified atom stereocenters. The number of rotatable bonds is 3. The fraction of sp³-hybridized carbons (Fsp3) is 0.227. The Morgan fingerprint density at radius 1 is 1.00 bits per heavy atom. The monoisotopic (exact) mass is 493 g/mol. The topological polar surface area (TPSA) is 35.6 Å². The van der Waals surface area contributed by atoms with Gasteiger partial charge in [0, 0.05) is 41.9 Å². The van der Waals surface area contributed by atoms with Gasteiger partial charge in [-0.25, -0.2) is 0 Å². The van der Waals surface area contributed by atoms with Gasteiger partial charge in [0.1, 0.15) is 0 Å². The number of likely N-dealkylation sites (N-methyl/N-ethyl adjacent to an activating group) is 1. The Kier molecular flexibility index (Phi) is 7.06. The van der Waals surface area contributed by atoms with E-state index in [9.17, 15) is 4.79 Å². The fourth-order valence-electron chi connectivity index (χ4n) is 3.56. The Bertz CT molecular complexity index is 1040. The van der Waals surface area contributed by atoms with E-state index in [1.807, 2.05) is 54.6 Å². The molecule has 1 aliphatic rings. The van der Waals surface area contributed by atoms with Crippen molar-refractivity contribution in [2.24, 2.45) is 0 Å². The lowest BCUT2D eigenvalue weighted by atomic mass is 10.0. The number of anilines is 2. The number of halogens is 3. The predicted octanol–water partition coefficient (Wildman–Crippen LogP) is 5.68. The summed E-state index contributed by atoms with van der Waals surface area (Å²) in [6.45, 7) is 3.94. The van der Waals surface area contributed by atoms with E-state index in [1.165, 1.54) is 0 Å². The molecule has 1 aliphatic heterocycles. The summed E-state index contributed by atoms with van der Waals surface area (Å²) in [5, 5.41) is 5.56. The molecular formula is C22H22BrCl2N3O. The smallest absolute Gasteiger partial charge is 0.256 e. The van der Waals surface area contributed by atoms with Crippen LogP contribution in [0.25, 0.3) is 10.8 Å². The van der Waals surface area contributed by atoms with Gasteiger partial charge in [0.2, 0.25) is 0 Å². The second-order valence-corrected chi connectivity index (χ2v) is 8.31. The number of fused-ring (bicyclic) bond motifs is 1. The van der Waals surface area contributed by atoms with Gasteiger partial charge in [0.15, 0.2) is 0 Å². The lowest BCUT2D eigenvalue weighted by Crippen LogP contribution is -2.44. The number of carbonyl (C=O) groups excluding carboxylic acids is 1. The highest BCUT2D eigenvalue weighted by atomic mass is 79.9. The SMILES string of the molecule is CN1CCN(c2ccc(NC(=O)c3cccc4c(Br)cccc34)cc2Cl)CC1.Cl. The molecule has 1 N–H and O–H groups in total. The van der Waals surface area contributed by atoms with Crippen LogP contribution in [0.15, 0.2) is 59.1 Å². The van der Waals surface area contributed by atoms with Crippen LogP contribution in [0.2, 0.25) is 5.02 Å². The summed E-state index contributed by atoms with van der Waals surface area (Å²) < 4.78 is 0.972. The maximum absolute atomic E-state index is 12.9. The van der Waals surface area contributed by atoms with Gasteiger partial charge in [-0.2, -0.15) is 0 Å². The number of carbonyl (C=O) groups is 1. The van der Waals surface area contributed by atoms with Crippen molar-refractivity contribution in [1.29, 1.82) is 0 Å². The Balaban J connectivity index is 0.00000240. The first-order valence-corrected chi connectivity index (χ1v) is 10.4. The molecule has 29 heavy (non-hydrogen) atoms. The quantitative estimate of drug-likeness (QED) is 0.508. The highest BCUT2D eigenvalue weighted by molar-refractivity contribution is 9.10. The highest BCUT2D eigenvalue weighted by Crippen LogP contribution is 2.31. The standard InChI is InChI=1S/C22H21BrClN3O.ClH/c1-26-10-12-27(13-11-26)21-9-8-15(14-20(21)24)25-22(28)18-6-2-5-17-16(18)4-3-7-19(17)23;/h2-9,14H,10-13H2,1H3,(H,25,28);1H. The average Bonchev–Trinajstić information content (AvgIpc) is 2.69. The molecule has 0 bridgehead atoms. The molecule has 0 aromatic heterocycles. The number of hydrogen-bond donors (Lipinski definition) is 1. The molecule has 1 saturated heterocycles. The van der Waals surface area contributed by atoms with E-state index in [1.54, 1.807) is 0 Å². The summed E-state index contributed by atoms with van der Waals surface area (Å²) in [6.07, 6.45) is 0. The molecule has 0 atom stereocenters. The molecule has 4 nitrogen and oxygen atoms in total. The van der Waals surface area contributed by atoms with E-state index in [4.69, 9.17) is 11.6 Å². The third kappa shape index (κ3) is 4.69. The average molecular weight is 495 g/mol. The summed E-state index contributed by atoms with van der Waals surface area (Å²) >= 11 is 10.1. The fourth-order valence-corrected chi connectivity index (χ4v) is 4.35. The zero-order valence-corrected chi connectivity index (χ0v) is 19.1. The molecule has 7 heteroatoms. The first-order chi connectivity index (χ1) is 13.5. The molecule has 1 fully saturated rings. The van der Waals surface area contributed by atoms with Gasteiger partial charge in [0.25, 0.3) is 5.91 Å². The Hall–Kier alpha value is -1.79. The zero-order valence-electron chi connectivity index (χ0n) is 16.0. The highest BCUT2D eigenvalue weighted by Gasteiger charge is 2.17. The van der Waals surface area contributed by atoms with Crippen LogP contribution in [0.5, 0.6) is 0 Å². The summed E-state index contributed by atoms with van der Waals surface area (Å²) in [5.41, 5.74) is 2.35. The van der Waals surface area contributed by atoms with Crippen LogP contribution in [0, 0.1) is 0 Å². The molecule has 0 radical (unpaired) electrons. The minimum atomic E-state index is -0.146. The molecule has 0 saturated carbocycles. The number of piperazine rings is 1. The second-order valence-electron chi connectivity index (χ2n) is 7.05. The van der Waals surface area contributed by atoms with Crippen molar-refractivity contribution in [3.63, 3.8) is 0 Å². The number of amides is 1. The van der Waals surface area contributed by atoms with E-state index in [-0.39, 0.29) is 18.3 Å². The van der Waals surface area contributed by atoms with Crippen LogP contribution in [0.3, 0.4) is 0 Å². The molecule has 4 rings (SSSR count). The maximum Gasteiger partial charge on any atom is 0.256 e. The lowest BCUT2D eigenvalue weighted by molar-refractivity contribution is 0.102. The van der Waals surface area contributed by atoms with Crippen molar-refractivity contribution in [3.8, 4) is 0 Å².